The smallest absolute Gasteiger partial charge is 0.269 e. The maximum Gasteiger partial charge on any atom is 0.269 e. The molecule has 2 aromatic rings. The van der Waals surface area contributed by atoms with E-state index < -0.39 is 0 Å². The molecule has 1 aliphatic heterocycles. The van der Waals surface area contributed by atoms with Gasteiger partial charge >= 0.3 is 0 Å². The lowest BCUT2D eigenvalue weighted by Gasteiger charge is -2.34. The Hall–Kier alpha value is -2.21. The van der Waals surface area contributed by atoms with E-state index in [-0.39, 0.29) is 17.9 Å². The molecule has 0 aliphatic carbocycles. The number of hydrogen-bond donors (Lipinski definition) is 2. The predicted molar refractivity (Wildman–Crippen MR) is 108 cm³/mol. The number of amides is 1. The molecular formula is C21H31N5O. The Morgan fingerprint density at radius 1 is 1.26 bits per heavy atom. The third-order valence-electron chi connectivity index (χ3n) is 5.37. The van der Waals surface area contributed by atoms with Crippen molar-refractivity contribution in [2.24, 2.45) is 0 Å². The molecule has 3 heterocycles. The molecule has 146 valence electrons. The number of hydrogen-bond acceptors (Lipinski definition) is 4. The Labute approximate surface area is 161 Å². The largest absolute Gasteiger partial charge is 0.348 e. The van der Waals surface area contributed by atoms with Crippen LogP contribution in [0.4, 0.5) is 0 Å². The minimum Gasteiger partial charge on any atom is -0.348 e. The Morgan fingerprint density at radius 2 is 1.96 bits per heavy atom. The number of carbonyl (C=O) groups is 1. The van der Waals surface area contributed by atoms with Gasteiger partial charge in [-0.15, -0.1) is 0 Å². The maximum absolute atomic E-state index is 13.0. The summed E-state index contributed by atoms with van der Waals surface area (Å²) in [6.07, 6.45) is 3.77. The Balaban J connectivity index is 1.77. The number of H-pyrrole nitrogens is 1. The normalized spacial score (nSPS) is 16.3. The van der Waals surface area contributed by atoms with Crippen molar-refractivity contribution in [3.8, 4) is 11.3 Å². The first-order chi connectivity index (χ1) is 12.9. The fourth-order valence-corrected chi connectivity index (χ4v) is 3.82. The van der Waals surface area contributed by atoms with Crippen LogP contribution in [-0.4, -0.2) is 51.2 Å². The minimum absolute atomic E-state index is 0.0498. The summed E-state index contributed by atoms with van der Waals surface area (Å²) in [5.41, 5.74) is 4.33. The lowest BCUT2D eigenvalue weighted by atomic mass is 9.96. The van der Waals surface area contributed by atoms with Gasteiger partial charge in [-0.05, 0) is 51.7 Å². The molecule has 27 heavy (non-hydrogen) atoms. The second-order valence-electron chi connectivity index (χ2n) is 8.08. The van der Waals surface area contributed by atoms with Crippen LogP contribution in [0.2, 0.25) is 0 Å². The predicted octanol–water partition coefficient (Wildman–Crippen LogP) is 3.51. The van der Waals surface area contributed by atoms with Crippen molar-refractivity contribution in [3.05, 3.63) is 35.3 Å². The number of pyridine rings is 1. The van der Waals surface area contributed by atoms with E-state index in [1.54, 1.807) is 6.20 Å². The molecular weight excluding hydrogens is 338 g/mol. The van der Waals surface area contributed by atoms with Crippen LogP contribution in [0.15, 0.2) is 18.3 Å². The first-order valence-corrected chi connectivity index (χ1v) is 9.93. The van der Waals surface area contributed by atoms with Gasteiger partial charge in [-0.25, -0.2) is 0 Å². The van der Waals surface area contributed by atoms with E-state index in [2.05, 4.69) is 53.1 Å². The molecule has 0 bridgehead atoms. The average Bonchev–Trinajstić information content (AvgIpc) is 3.07. The number of aromatic amines is 1. The van der Waals surface area contributed by atoms with Crippen molar-refractivity contribution in [3.63, 3.8) is 0 Å². The van der Waals surface area contributed by atoms with Gasteiger partial charge in [0.1, 0.15) is 5.69 Å². The first kappa shape index (κ1) is 19.5. The number of carbonyl (C=O) groups excluding carboxylic acids is 1. The third kappa shape index (κ3) is 4.38. The van der Waals surface area contributed by atoms with Crippen LogP contribution in [-0.2, 0) is 0 Å². The zero-order valence-electron chi connectivity index (χ0n) is 17.0. The lowest BCUT2D eigenvalue weighted by molar-refractivity contribution is 0.0894. The first-order valence-electron chi connectivity index (χ1n) is 9.93. The molecule has 1 aliphatic rings. The van der Waals surface area contributed by atoms with E-state index in [0.717, 1.165) is 48.4 Å². The molecule has 0 aromatic carbocycles. The molecule has 0 unspecified atom stereocenters. The quantitative estimate of drug-likeness (QED) is 0.846. The van der Waals surface area contributed by atoms with Gasteiger partial charge in [-0.2, -0.15) is 5.10 Å². The van der Waals surface area contributed by atoms with Gasteiger partial charge in [0.25, 0.3) is 5.91 Å². The van der Waals surface area contributed by atoms with Gasteiger partial charge in [-0.3, -0.25) is 14.9 Å². The van der Waals surface area contributed by atoms with Gasteiger partial charge in [-0.1, -0.05) is 13.8 Å². The van der Waals surface area contributed by atoms with E-state index >= 15 is 0 Å². The fraction of sp³-hybridized carbons (Fsp3) is 0.571. The monoisotopic (exact) mass is 369 g/mol. The van der Waals surface area contributed by atoms with Gasteiger partial charge in [0.15, 0.2) is 0 Å². The van der Waals surface area contributed by atoms with Crippen molar-refractivity contribution in [1.82, 2.24) is 25.4 Å². The summed E-state index contributed by atoms with van der Waals surface area (Å²) in [6, 6.07) is 4.74. The van der Waals surface area contributed by atoms with E-state index in [0.29, 0.717) is 11.7 Å². The molecule has 1 saturated heterocycles. The topological polar surface area (TPSA) is 73.9 Å². The van der Waals surface area contributed by atoms with Gasteiger partial charge in [0.2, 0.25) is 0 Å². The van der Waals surface area contributed by atoms with Crippen molar-refractivity contribution in [2.75, 3.05) is 13.1 Å². The highest BCUT2D eigenvalue weighted by atomic mass is 16.2. The molecule has 6 nitrogen and oxygen atoms in total. The van der Waals surface area contributed by atoms with Crippen molar-refractivity contribution in [2.45, 2.75) is 65.5 Å². The fourth-order valence-electron chi connectivity index (χ4n) is 3.82. The number of aromatic nitrogens is 3. The van der Waals surface area contributed by atoms with E-state index in [4.69, 9.17) is 0 Å². The second-order valence-corrected chi connectivity index (χ2v) is 8.08. The second kappa shape index (κ2) is 8.21. The summed E-state index contributed by atoms with van der Waals surface area (Å²) in [5.74, 6) is 0.141. The number of likely N-dealkylation sites (tertiary alicyclic amines) is 1. The highest BCUT2D eigenvalue weighted by Crippen LogP contribution is 2.30. The molecule has 3 rings (SSSR count). The number of nitrogens with zero attached hydrogens (tertiary/aromatic N) is 3. The molecule has 2 N–H and O–H groups in total. The molecule has 6 heteroatoms. The minimum atomic E-state index is -0.0498. The van der Waals surface area contributed by atoms with Crippen LogP contribution in [0.5, 0.6) is 0 Å². The SMILES string of the molecule is Cc1cc(-c2n[nH]c(C(=O)NC3CCN(C(C)C)CC3)c2C(C)C)ccn1. The maximum atomic E-state index is 13.0. The standard InChI is InChI=1S/C21H31N5O/c1-13(2)18-19(16-6-9-22-15(5)12-16)24-25-20(18)21(27)23-17-7-10-26(11-8-17)14(3)4/h6,9,12-14,17H,7-8,10-11H2,1-5H3,(H,23,27)(H,24,25). The Morgan fingerprint density at radius 3 is 2.56 bits per heavy atom. The number of rotatable bonds is 5. The summed E-state index contributed by atoms with van der Waals surface area (Å²) in [5, 5.41) is 10.7. The highest BCUT2D eigenvalue weighted by molar-refractivity contribution is 5.96. The molecule has 0 saturated carbocycles. The number of aryl methyl sites for hydroxylation is 1. The van der Waals surface area contributed by atoms with Crippen LogP contribution in [0, 0.1) is 6.92 Å². The van der Waals surface area contributed by atoms with Crippen LogP contribution in [0.1, 0.15) is 68.2 Å². The van der Waals surface area contributed by atoms with E-state index in [1.165, 1.54) is 0 Å². The van der Waals surface area contributed by atoms with Gasteiger partial charge < -0.3 is 10.2 Å². The molecule has 0 spiro atoms. The van der Waals surface area contributed by atoms with Crippen LogP contribution < -0.4 is 5.32 Å². The molecule has 2 aromatic heterocycles. The summed E-state index contributed by atoms with van der Waals surface area (Å²) >= 11 is 0. The van der Waals surface area contributed by atoms with Gasteiger partial charge in [0.05, 0.1) is 5.69 Å². The van der Waals surface area contributed by atoms with Gasteiger partial charge in [0, 0.05) is 48.2 Å². The summed E-state index contributed by atoms with van der Waals surface area (Å²) in [7, 11) is 0. The lowest BCUT2D eigenvalue weighted by Crippen LogP contribution is -2.46. The number of piperidine rings is 1. The highest BCUT2D eigenvalue weighted by Gasteiger charge is 2.26. The van der Waals surface area contributed by atoms with Crippen molar-refractivity contribution in [1.29, 1.82) is 0 Å². The van der Waals surface area contributed by atoms with Crippen LogP contribution in [0.25, 0.3) is 11.3 Å². The zero-order valence-corrected chi connectivity index (χ0v) is 17.0. The van der Waals surface area contributed by atoms with Crippen molar-refractivity contribution >= 4 is 5.91 Å². The third-order valence-corrected chi connectivity index (χ3v) is 5.37. The Bertz CT molecular complexity index is 788. The Kier molecular flexibility index (Phi) is 5.95. The molecule has 0 radical (unpaired) electrons. The number of nitrogens with one attached hydrogen (secondary N) is 2. The van der Waals surface area contributed by atoms with Crippen molar-refractivity contribution < 1.29 is 4.79 Å². The van der Waals surface area contributed by atoms with Crippen LogP contribution in [0.3, 0.4) is 0 Å². The van der Waals surface area contributed by atoms with E-state index in [1.807, 2.05) is 19.1 Å². The van der Waals surface area contributed by atoms with Crippen LogP contribution >= 0.6 is 0 Å². The summed E-state index contributed by atoms with van der Waals surface area (Å²) in [4.78, 5) is 19.7. The molecule has 1 amide bonds. The summed E-state index contributed by atoms with van der Waals surface area (Å²) < 4.78 is 0. The van der Waals surface area contributed by atoms with E-state index in [9.17, 15) is 4.79 Å². The summed E-state index contributed by atoms with van der Waals surface area (Å²) in [6.45, 7) is 12.7. The zero-order chi connectivity index (χ0) is 19.6. The molecule has 1 fully saturated rings. The average molecular weight is 370 g/mol. The molecule has 0 atom stereocenters.